The Balaban J connectivity index is 1.83. The van der Waals surface area contributed by atoms with Crippen molar-refractivity contribution in [2.45, 2.75) is 4.90 Å². The average molecular weight is 407 g/mol. The summed E-state index contributed by atoms with van der Waals surface area (Å²) in [5.41, 5.74) is 1.07. The summed E-state index contributed by atoms with van der Waals surface area (Å²) in [7, 11) is -3.70. The minimum atomic E-state index is -3.70. The van der Waals surface area contributed by atoms with Gasteiger partial charge in [0.25, 0.3) is 5.91 Å². The summed E-state index contributed by atoms with van der Waals surface area (Å²) in [4.78, 5) is 12.8. The largest absolute Gasteiger partial charge is 0.321 e. The van der Waals surface area contributed by atoms with Gasteiger partial charge in [0.15, 0.2) is 0 Å². The monoisotopic (exact) mass is 406 g/mol. The second kappa shape index (κ2) is 8.86. The van der Waals surface area contributed by atoms with Crippen molar-refractivity contribution in [3.05, 3.63) is 97.6 Å². The first-order chi connectivity index (χ1) is 14.0. The molecule has 0 saturated carbocycles. The van der Waals surface area contributed by atoms with E-state index in [0.717, 1.165) is 10.8 Å². The lowest BCUT2D eigenvalue weighted by Crippen LogP contribution is -2.31. The van der Waals surface area contributed by atoms with E-state index in [2.05, 4.69) is 18.5 Å². The minimum Gasteiger partial charge on any atom is -0.321 e. The number of carbonyl (C=O) groups is 1. The summed E-state index contributed by atoms with van der Waals surface area (Å²) in [6.45, 7) is 7.55. The van der Waals surface area contributed by atoms with E-state index in [1.165, 1.54) is 40.7 Å². The fourth-order valence-electron chi connectivity index (χ4n) is 3.02. The molecule has 0 spiro atoms. The number of hydrogen-bond acceptors (Lipinski definition) is 3. The van der Waals surface area contributed by atoms with Crippen molar-refractivity contribution in [1.29, 1.82) is 0 Å². The third-order valence-corrected chi connectivity index (χ3v) is 6.30. The molecule has 0 unspecified atom stereocenters. The van der Waals surface area contributed by atoms with Gasteiger partial charge in [-0.2, -0.15) is 4.31 Å². The zero-order valence-corrected chi connectivity index (χ0v) is 16.7. The molecule has 5 nitrogen and oxygen atoms in total. The van der Waals surface area contributed by atoms with Crippen LogP contribution in [0.4, 0.5) is 5.69 Å². The van der Waals surface area contributed by atoms with Crippen LogP contribution in [0.3, 0.4) is 0 Å². The molecular weight excluding hydrogens is 384 g/mol. The van der Waals surface area contributed by atoms with Crippen LogP contribution in [0.2, 0.25) is 0 Å². The fraction of sp³-hybridized carbons (Fsp3) is 0.0870. The first-order valence-electron chi connectivity index (χ1n) is 9.08. The molecule has 0 heterocycles. The SMILES string of the molecule is C=CCN(CC=C)S(=O)(=O)c1ccc(C(=O)Nc2cccc3ccccc23)cc1. The van der Waals surface area contributed by atoms with Crippen LogP contribution in [-0.4, -0.2) is 31.7 Å². The van der Waals surface area contributed by atoms with E-state index in [0.29, 0.717) is 11.3 Å². The van der Waals surface area contributed by atoms with Crippen LogP contribution < -0.4 is 5.32 Å². The van der Waals surface area contributed by atoms with Gasteiger partial charge < -0.3 is 5.32 Å². The van der Waals surface area contributed by atoms with E-state index in [1.807, 2.05) is 42.5 Å². The highest BCUT2D eigenvalue weighted by atomic mass is 32.2. The first kappa shape index (κ1) is 20.5. The highest BCUT2D eigenvalue weighted by Gasteiger charge is 2.22. The molecule has 1 N–H and O–H groups in total. The predicted octanol–water partition coefficient (Wildman–Crippen LogP) is 4.45. The normalized spacial score (nSPS) is 11.3. The van der Waals surface area contributed by atoms with E-state index in [-0.39, 0.29) is 23.9 Å². The lowest BCUT2D eigenvalue weighted by atomic mass is 10.1. The van der Waals surface area contributed by atoms with Gasteiger partial charge >= 0.3 is 0 Å². The van der Waals surface area contributed by atoms with Crippen molar-refractivity contribution in [3.8, 4) is 0 Å². The number of anilines is 1. The summed E-state index contributed by atoms with van der Waals surface area (Å²) in [5, 5.41) is 4.86. The van der Waals surface area contributed by atoms with E-state index in [9.17, 15) is 13.2 Å². The molecule has 6 heteroatoms. The van der Waals surface area contributed by atoms with Crippen molar-refractivity contribution in [1.82, 2.24) is 4.31 Å². The summed E-state index contributed by atoms with van der Waals surface area (Å²) in [6.07, 6.45) is 3.04. The fourth-order valence-corrected chi connectivity index (χ4v) is 4.40. The molecule has 3 aromatic rings. The van der Waals surface area contributed by atoms with Crippen LogP contribution in [0.25, 0.3) is 10.8 Å². The summed E-state index contributed by atoms with van der Waals surface area (Å²) >= 11 is 0. The lowest BCUT2D eigenvalue weighted by Gasteiger charge is -2.19. The second-order valence-electron chi connectivity index (χ2n) is 6.40. The maximum atomic E-state index is 12.8. The number of nitrogens with zero attached hydrogens (tertiary/aromatic N) is 1. The van der Waals surface area contributed by atoms with Crippen LogP contribution in [0, 0.1) is 0 Å². The Morgan fingerprint density at radius 1 is 0.897 bits per heavy atom. The van der Waals surface area contributed by atoms with Gasteiger partial charge in [-0.25, -0.2) is 8.42 Å². The quantitative estimate of drug-likeness (QED) is 0.562. The van der Waals surface area contributed by atoms with Gasteiger partial charge in [-0.3, -0.25) is 4.79 Å². The molecule has 3 aromatic carbocycles. The van der Waals surface area contributed by atoms with E-state index in [1.54, 1.807) is 0 Å². The molecule has 0 aromatic heterocycles. The minimum absolute atomic E-state index is 0.114. The Morgan fingerprint density at radius 2 is 1.52 bits per heavy atom. The van der Waals surface area contributed by atoms with Gasteiger partial charge in [-0.1, -0.05) is 48.6 Å². The van der Waals surface area contributed by atoms with Gasteiger partial charge in [0.05, 0.1) is 4.90 Å². The molecule has 0 bridgehead atoms. The standard InChI is InChI=1S/C23H22N2O3S/c1-3-16-25(17-4-2)29(27,28)20-14-12-19(13-15-20)23(26)24-22-11-7-9-18-8-5-6-10-21(18)22/h3-15H,1-2,16-17H2,(H,24,26). The Hall–Kier alpha value is -3.22. The smallest absolute Gasteiger partial charge is 0.255 e. The third-order valence-electron chi connectivity index (χ3n) is 4.46. The first-order valence-corrected chi connectivity index (χ1v) is 10.5. The summed E-state index contributed by atoms with van der Waals surface area (Å²) in [6, 6.07) is 19.3. The summed E-state index contributed by atoms with van der Waals surface area (Å²) < 4.78 is 26.8. The van der Waals surface area contributed by atoms with Crippen molar-refractivity contribution in [2.24, 2.45) is 0 Å². The van der Waals surface area contributed by atoms with Crippen molar-refractivity contribution in [2.75, 3.05) is 18.4 Å². The lowest BCUT2D eigenvalue weighted by molar-refractivity contribution is 0.102. The molecule has 148 valence electrons. The molecule has 0 fully saturated rings. The molecular formula is C23H22N2O3S. The Bertz CT molecular complexity index is 1140. The summed E-state index contributed by atoms with van der Waals surface area (Å²) in [5.74, 6) is -0.306. The van der Waals surface area contributed by atoms with Gasteiger partial charge in [0.1, 0.15) is 0 Å². The molecule has 0 atom stereocenters. The zero-order valence-electron chi connectivity index (χ0n) is 15.9. The molecule has 0 aliphatic rings. The molecule has 0 radical (unpaired) electrons. The van der Waals surface area contributed by atoms with Crippen LogP contribution in [0.5, 0.6) is 0 Å². The van der Waals surface area contributed by atoms with Gasteiger partial charge in [-0.05, 0) is 35.7 Å². The number of benzene rings is 3. The van der Waals surface area contributed by atoms with Crippen molar-refractivity contribution >= 4 is 32.4 Å². The predicted molar refractivity (Wildman–Crippen MR) is 117 cm³/mol. The highest BCUT2D eigenvalue weighted by molar-refractivity contribution is 7.89. The Labute approximate surface area is 171 Å². The van der Waals surface area contributed by atoms with Gasteiger partial charge in [-0.15, -0.1) is 13.2 Å². The average Bonchev–Trinajstić information content (AvgIpc) is 2.74. The molecule has 0 aliphatic carbocycles. The van der Waals surface area contributed by atoms with E-state index < -0.39 is 10.0 Å². The third kappa shape index (κ3) is 4.45. The van der Waals surface area contributed by atoms with Crippen LogP contribution in [0.15, 0.2) is 96.9 Å². The van der Waals surface area contributed by atoms with Crippen LogP contribution >= 0.6 is 0 Å². The van der Waals surface area contributed by atoms with E-state index in [4.69, 9.17) is 0 Å². The zero-order chi connectivity index (χ0) is 20.9. The van der Waals surface area contributed by atoms with Crippen molar-refractivity contribution < 1.29 is 13.2 Å². The van der Waals surface area contributed by atoms with Crippen molar-refractivity contribution in [3.63, 3.8) is 0 Å². The maximum absolute atomic E-state index is 12.8. The van der Waals surface area contributed by atoms with Crippen LogP contribution in [0.1, 0.15) is 10.4 Å². The number of carbonyl (C=O) groups excluding carboxylic acids is 1. The number of rotatable bonds is 8. The number of nitrogens with one attached hydrogen (secondary N) is 1. The molecule has 0 aliphatic heterocycles. The number of hydrogen-bond donors (Lipinski definition) is 1. The van der Waals surface area contributed by atoms with Gasteiger partial charge in [0, 0.05) is 29.7 Å². The Morgan fingerprint density at radius 3 is 2.17 bits per heavy atom. The van der Waals surface area contributed by atoms with Gasteiger partial charge in [0.2, 0.25) is 10.0 Å². The second-order valence-corrected chi connectivity index (χ2v) is 8.34. The van der Waals surface area contributed by atoms with Crippen LogP contribution in [-0.2, 0) is 10.0 Å². The number of fused-ring (bicyclic) bond motifs is 1. The highest BCUT2D eigenvalue weighted by Crippen LogP contribution is 2.24. The topological polar surface area (TPSA) is 66.5 Å². The molecule has 29 heavy (non-hydrogen) atoms. The molecule has 0 saturated heterocycles. The molecule has 3 rings (SSSR count). The number of sulfonamides is 1. The molecule has 1 amide bonds. The Kier molecular flexibility index (Phi) is 6.26. The maximum Gasteiger partial charge on any atom is 0.255 e. The van der Waals surface area contributed by atoms with E-state index >= 15 is 0 Å². The number of amides is 1.